The Morgan fingerprint density at radius 3 is 1.08 bits per heavy atom. The van der Waals surface area contributed by atoms with Crippen molar-refractivity contribution in [3.05, 3.63) is 260 Å². The number of fused-ring (bicyclic) bond motifs is 4. The van der Waals surface area contributed by atoms with E-state index in [0.29, 0.717) is 23.7 Å². The topological polar surface area (TPSA) is 15.5 Å². The quantitative estimate of drug-likeness (QED) is 0.108. The first-order chi connectivity index (χ1) is 44.3. The van der Waals surface area contributed by atoms with Crippen LogP contribution in [0.4, 0.5) is 0 Å². The van der Waals surface area contributed by atoms with E-state index >= 15 is 0 Å². The van der Waals surface area contributed by atoms with Crippen molar-refractivity contribution in [1.29, 1.82) is 0 Å². The molecule has 8 aromatic carbocycles. The number of aryl methyl sites for hydroxylation is 11. The third-order valence-corrected chi connectivity index (χ3v) is 18.8. The highest BCUT2D eigenvalue weighted by Crippen LogP contribution is 2.31. The minimum absolute atomic E-state index is 0.669. The average molecular weight is 1230 g/mol. The summed E-state index contributed by atoms with van der Waals surface area (Å²) in [5.74, 6) is 2.74. The third kappa shape index (κ3) is 16.3. The summed E-state index contributed by atoms with van der Waals surface area (Å²) >= 11 is 0. The van der Waals surface area contributed by atoms with Gasteiger partial charge in [-0.05, 0) is 234 Å². The van der Waals surface area contributed by atoms with Gasteiger partial charge in [-0.25, -0.2) is 0 Å². The molecule has 4 aromatic heterocycles. The molecule has 478 valence electrons. The first-order valence-corrected chi connectivity index (χ1v) is 34.2. The Balaban J connectivity index is 0.000000146. The molecule has 0 unspecified atom stereocenters. The maximum absolute atomic E-state index is 2.35. The molecule has 4 nitrogen and oxygen atoms in total. The predicted molar refractivity (Wildman–Crippen MR) is 399 cm³/mol. The minimum atomic E-state index is 0.669. The van der Waals surface area contributed by atoms with Crippen LogP contribution in [0.1, 0.15) is 128 Å². The van der Waals surface area contributed by atoms with Crippen molar-refractivity contribution >= 4 is 43.6 Å². The fourth-order valence-corrected chi connectivity index (χ4v) is 13.8. The molecule has 0 radical (unpaired) electrons. The second-order valence-corrected chi connectivity index (χ2v) is 28.7. The Kier molecular flexibility index (Phi) is 22.2. The molecular formula is C89H106N4+4. The monoisotopic (exact) mass is 1230 g/mol. The molecular weight excluding hydrogens is 1130 g/mol. The molecule has 0 saturated heterocycles. The summed E-state index contributed by atoms with van der Waals surface area (Å²) in [4.78, 5) is 0. The van der Waals surface area contributed by atoms with E-state index in [0.717, 1.165) is 25.7 Å². The normalized spacial score (nSPS) is 11.4. The summed E-state index contributed by atoms with van der Waals surface area (Å²) in [5.41, 5.74) is 33.3. The van der Waals surface area contributed by atoms with E-state index in [9.17, 15) is 0 Å². The molecule has 12 aromatic rings. The van der Waals surface area contributed by atoms with Crippen LogP contribution in [0.15, 0.2) is 188 Å². The molecule has 0 N–H and O–H groups in total. The number of pyridine rings is 4. The van der Waals surface area contributed by atoms with Crippen LogP contribution in [-0.4, -0.2) is 0 Å². The van der Waals surface area contributed by atoms with Crippen LogP contribution in [0.5, 0.6) is 0 Å². The Bertz CT molecular complexity index is 4670. The lowest BCUT2D eigenvalue weighted by Crippen LogP contribution is -2.32. The lowest BCUT2D eigenvalue weighted by molar-refractivity contribution is -0.633. The van der Waals surface area contributed by atoms with Gasteiger partial charge < -0.3 is 0 Å². The maximum atomic E-state index is 2.35. The number of nitrogens with zero attached hydrogens (tertiary/aromatic N) is 4. The zero-order valence-corrected chi connectivity index (χ0v) is 60.3. The highest BCUT2D eigenvalue weighted by atomic mass is 15.0. The molecule has 0 amide bonds. The van der Waals surface area contributed by atoms with E-state index < -0.39 is 0 Å². The molecule has 0 aliphatic rings. The van der Waals surface area contributed by atoms with Gasteiger partial charge in [-0.15, -0.1) is 0 Å². The van der Waals surface area contributed by atoms with E-state index in [1.165, 1.54) is 161 Å². The average Bonchev–Trinajstić information content (AvgIpc) is 0.861. The number of benzene rings is 8. The number of hydrogen-bond acceptors (Lipinski definition) is 0. The highest BCUT2D eigenvalue weighted by Gasteiger charge is 2.22. The van der Waals surface area contributed by atoms with Crippen molar-refractivity contribution < 1.29 is 18.3 Å². The molecule has 0 aliphatic carbocycles. The molecule has 93 heavy (non-hydrogen) atoms. The van der Waals surface area contributed by atoms with Gasteiger partial charge in [0.1, 0.15) is 28.2 Å². The lowest BCUT2D eigenvalue weighted by Gasteiger charge is -2.12. The molecule has 0 fully saturated rings. The predicted octanol–water partition coefficient (Wildman–Crippen LogP) is 20.9. The summed E-state index contributed by atoms with van der Waals surface area (Å²) in [6.07, 6.45) is 4.54. The van der Waals surface area contributed by atoms with Crippen molar-refractivity contribution in [2.45, 2.75) is 143 Å². The van der Waals surface area contributed by atoms with Crippen LogP contribution in [0.3, 0.4) is 0 Å². The lowest BCUT2D eigenvalue weighted by atomic mass is 9.95. The zero-order valence-electron chi connectivity index (χ0n) is 60.3. The Labute approximate surface area is 559 Å². The van der Waals surface area contributed by atoms with Crippen molar-refractivity contribution in [1.82, 2.24) is 0 Å². The van der Waals surface area contributed by atoms with Gasteiger partial charge in [-0.1, -0.05) is 145 Å². The van der Waals surface area contributed by atoms with Crippen molar-refractivity contribution in [3.8, 4) is 45.0 Å². The van der Waals surface area contributed by atoms with Crippen LogP contribution in [0.2, 0.25) is 0 Å². The van der Waals surface area contributed by atoms with Gasteiger partial charge in [-0.3, -0.25) is 0 Å². The van der Waals surface area contributed by atoms with E-state index in [4.69, 9.17) is 0 Å². The van der Waals surface area contributed by atoms with Crippen molar-refractivity contribution in [3.63, 3.8) is 0 Å². The molecule has 0 bridgehead atoms. The van der Waals surface area contributed by atoms with Crippen molar-refractivity contribution in [2.75, 3.05) is 0 Å². The Morgan fingerprint density at radius 2 is 0.645 bits per heavy atom. The van der Waals surface area contributed by atoms with Gasteiger partial charge in [0.2, 0.25) is 44.8 Å². The summed E-state index contributed by atoms with van der Waals surface area (Å²) < 4.78 is 9.29. The van der Waals surface area contributed by atoms with Crippen LogP contribution in [-0.2, 0) is 53.9 Å². The van der Waals surface area contributed by atoms with Gasteiger partial charge in [-0.2, -0.15) is 18.3 Å². The van der Waals surface area contributed by atoms with Gasteiger partial charge in [0, 0.05) is 92.3 Å². The van der Waals surface area contributed by atoms with Crippen molar-refractivity contribution in [2.24, 2.45) is 51.9 Å². The summed E-state index contributed by atoms with van der Waals surface area (Å²) in [5, 5.41) is 5.33. The largest absolute Gasteiger partial charge is 0.213 e. The van der Waals surface area contributed by atoms with E-state index in [2.05, 4.69) is 352 Å². The minimum Gasteiger partial charge on any atom is -0.194 e. The van der Waals surface area contributed by atoms with Crippen LogP contribution in [0, 0.1) is 86.0 Å². The molecule has 0 aliphatic heterocycles. The van der Waals surface area contributed by atoms with Gasteiger partial charge >= 0.3 is 0 Å². The standard InChI is InChI=1S/2C23H28N.C22H26N.C21H24N/c1-15(2)11-19-7-9-22-20(14-19)8-10-23(24(22)6)21-13-16(3)12-17(4)18(21)5;1-15(2)12-19-8-7-9-22-20(19)10-11-23(24(22)6)21-14-16(3)13-17(4)18(21)5;1-15(2)12-18-8-10-21-19(14-18)9-11-22(23(21)5)20-13-16(3)6-7-17(20)4;1-15(2)13-17-9-11-20-18(14-17)10-12-21(22(20)4)19-8-6-5-7-16(19)3/h7-10,12-15H,11H2,1-6H3;7-11,13-15H,12H2,1-6H3;6-11,13-15H,12H2,1-5H3;5-12,14-15H,13H2,1-4H3/q4*+1. The van der Waals surface area contributed by atoms with Gasteiger partial charge in [0.15, 0.2) is 0 Å². The van der Waals surface area contributed by atoms with E-state index in [1.807, 2.05) is 0 Å². The fourth-order valence-electron chi connectivity index (χ4n) is 13.8. The molecule has 0 saturated carbocycles. The van der Waals surface area contributed by atoms with Crippen LogP contribution >= 0.6 is 0 Å². The van der Waals surface area contributed by atoms with E-state index in [-0.39, 0.29) is 0 Å². The van der Waals surface area contributed by atoms with E-state index in [1.54, 1.807) is 0 Å². The Morgan fingerprint density at radius 1 is 0.269 bits per heavy atom. The second kappa shape index (κ2) is 30.0. The highest BCUT2D eigenvalue weighted by molar-refractivity contribution is 5.83. The maximum Gasteiger partial charge on any atom is 0.213 e. The Hall–Kier alpha value is -8.60. The molecule has 4 heteroatoms. The smallest absolute Gasteiger partial charge is 0.194 e. The molecule has 0 atom stereocenters. The first kappa shape index (κ1) is 68.8. The third-order valence-electron chi connectivity index (χ3n) is 18.8. The first-order valence-electron chi connectivity index (χ1n) is 34.2. The number of rotatable bonds is 12. The zero-order chi connectivity index (χ0) is 67.1. The molecule has 0 spiro atoms. The van der Waals surface area contributed by atoms with Gasteiger partial charge in [0.05, 0.1) is 0 Å². The summed E-state index contributed by atoms with van der Waals surface area (Å²) in [7, 11) is 8.69. The number of hydrogen-bond donors (Lipinski definition) is 0. The van der Waals surface area contributed by atoms with Gasteiger partial charge in [0.25, 0.3) is 0 Å². The second-order valence-electron chi connectivity index (χ2n) is 28.7. The van der Waals surface area contributed by atoms with Crippen LogP contribution in [0.25, 0.3) is 88.6 Å². The summed E-state index contributed by atoms with van der Waals surface area (Å²) in [6, 6.07) is 69.8. The molecule has 4 heterocycles. The molecule has 12 rings (SSSR count). The number of aromatic nitrogens is 4. The SMILES string of the molecule is Cc1cc(C)c(C)c(-c2ccc3c(CC(C)C)cccc3[n+]2C)c1.Cc1cc(C)c(C)c(-c2ccc3cc(CC(C)C)ccc3[n+]2C)c1.Cc1ccc(C)c(-c2ccc3cc(CC(C)C)ccc3[n+]2C)c1.Cc1ccccc1-c1ccc2cc(CC(C)C)ccc2[n+]1C. The summed E-state index contributed by atoms with van der Waals surface area (Å²) in [6.45, 7) is 37.9. The fraction of sp³-hybridized carbons (Fsp3) is 0.326. The van der Waals surface area contributed by atoms with Crippen LogP contribution < -0.4 is 18.3 Å².